The number of likely N-dealkylation sites (N-methyl/N-ethyl adjacent to an activating group) is 1. The second-order valence-corrected chi connectivity index (χ2v) is 9.62. The van der Waals surface area contributed by atoms with E-state index < -0.39 is 29.8 Å². The zero-order valence-corrected chi connectivity index (χ0v) is 20.0. The van der Waals surface area contributed by atoms with Crippen LogP contribution in [-0.2, 0) is 19.2 Å². The number of ketones is 1. The van der Waals surface area contributed by atoms with Gasteiger partial charge in [-0.2, -0.15) is 0 Å². The van der Waals surface area contributed by atoms with Crippen molar-refractivity contribution in [2.45, 2.75) is 103 Å². The molecule has 0 saturated carbocycles. The van der Waals surface area contributed by atoms with Gasteiger partial charge >= 0.3 is 0 Å². The Kier molecular flexibility index (Phi) is 10.6. The maximum absolute atomic E-state index is 13.4. The molecule has 2 aliphatic rings. The van der Waals surface area contributed by atoms with Crippen molar-refractivity contribution in [2.24, 2.45) is 17.6 Å². The second-order valence-electron chi connectivity index (χ2n) is 9.62. The number of rotatable bonds is 4. The number of nitrogens with two attached hydrogens (primary N) is 1. The van der Waals surface area contributed by atoms with Crippen LogP contribution < -0.4 is 16.4 Å². The zero-order valence-electron chi connectivity index (χ0n) is 20.0. The van der Waals surface area contributed by atoms with Gasteiger partial charge in [0.15, 0.2) is 0 Å². The maximum atomic E-state index is 13.4. The van der Waals surface area contributed by atoms with E-state index >= 15 is 0 Å². The number of carbonyl (C=O) groups excluding carboxylic acids is 4. The van der Waals surface area contributed by atoms with Crippen molar-refractivity contribution in [1.82, 2.24) is 15.5 Å². The van der Waals surface area contributed by atoms with Crippen LogP contribution in [0, 0.1) is 11.8 Å². The summed E-state index contributed by atoms with van der Waals surface area (Å²) in [5.74, 6) is -1.64. The van der Waals surface area contributed by atoms with Gasteiger partial charge in [0.2, 0.25) is 17.6 Å². The molecule has 0 aromatic rings. The Morgan fingerprint density at radius 3 is 2.22 bits per heavy atom. The fourth-order valence-corrected chi connectivity index (χ4v) is 4.96. The SMILES string of the molecule is CCNC(=O)C(=O)[C@@H]1CCCCCCCCC[C@H](N)C(=O)N2CC[C@H](C(C)C)[C@H]2C(=O)N1. The first kappa shape index (κ1) is 26.3. The van der Waals surface area contributed by atoms with Crippen molar-refractivity contribution in [1.29, 1.82) is 0 Å². The monoisotopic (exact) mass is 450 g/mol. The van der Waals surface area contributed by atoms with Gasteiger partial charge in [-0.15, -0.1) is 0 Å². The van der Waals surface area contributed by atoms with E-state index in [0.29, 0.717) is 25.9 Å². The van der Waals surface area contributed by atoms with Crippen LogP contribution in [0.25, 0.3) is 0 Å². The lowest BCUT2D eigenvalue weighted by Gasteiger charge is -2.32. The van der Waals surface area contributed by atoms with Gasteiger partial charge in [-0.3, -0.25) is 19.2 Å². The Morgan fingerprint density at radius 1 is 1.03 bits per heavy atom. The molecule has 2 fully saturated rings. The van der Waals surface area contributed by atoms with Gasteiger partial charge in [0.05, 0.1) is 12.1 Å². The fourth-order valence-electron chi connectivity index (χ4n) is 4.96. The third-order valence-corrected chi connectivity index (χ3v) is 6.87. The number of fused-ring (bicyclic) bond motifs is 1. The van der Waals surface area contributed by atoms with E-state index in [0.717, 1.165) is 51.4 Å². The fraction of sp³-hybridized carbons (Fsp3) is 0.833. The summed E-state index contributed by atoms with van der Waals surface area (Å²) in [7, 11) is 0. The highest BCUT2D eigenvalue weighted by Crippen LogP contribution is 2.32. The Morgan fingerprint density at radius 2 is 1.62 bits per heavy atom. The Bertz CT molecular complexity index is 666. The van der Waals surface area contributed by atoms with Crippen LogP contribution in [0.5, 0.6) is 0 Å². The van der Waals surface area contributed by atoms with Gasteiger partial charge in [0.1, 0.15) is 6.04 Å². The molecular weight excluding hydrogens is 408 g/mol. The standard InChI is InChI=1S/C24H42N4O4/c1-4-26-23(31)21(29)19-13-11-9-7-5-6-8-10-12-18(25)24(32)28-15-14-17(16(2)3)20(28)22(30)27-19/h16-20H,4-15,25H2,1-3H3,(H,26,31)(H,27,30)/t17-,18+,19+,20+/m1/s1. The summed E-state index contributed by atoms with van der Waals surface area (Å²) in [6.07, 6.45) is 8.68. The van der Waals surface area contributed by atoms with Crippen molar-refractivity contribution in [3.63, 3.8) is 0 Å². The first-order valence-electron chi connectivity index (χ1n) is 12.5. The Labute approximate surface area is 192 Å². The van der Waals surface area contributed by atoms with Gasteiger partial charge < -0.3 is 21.3 Å². The molecule has 2 rings (SSSR count). The molecule has 0 aromatic heterocycles. The van der Waals surface area contributed by atoms with Crippen LogP contribution in [0.15, 0.2) is 0 Å². The van der Waals surface area contributed by atoms with Crippen molar-refractivity contribution in [3.05, 3.63) is 0 Å². The second kappa shape index (κ2) is 12.9. The highest BCUT2D eigenvalue weighted by molar-refractivity contribution is 6.38. The van der Waals surface area contributed by atoms with E-state index in [9.17, 15) is 19.2 Å². The molecule has 2 aliphatic heterocycles. The predicted molar refractivity (Wildman–Crippen MR) is 124 cm³/mol. The molecule has 2 saturated heterocycles. The maximum Gasteiger partial charge on any atom is 0.289 e. The number of nitrogens with zero attached hydrogens (tertiary/aromatic N) is 1. The molecule has 4 N–H and O–H groups in total. The summed E-state index contributed by atoms with van der Waals surface area (Å²) in [6, 6.07) is -2.15. The van der Waals surface area contributed by atoms with Crippen LogP contribution in [0.4, 0.5) is 0 Å². The van der Waals surface area contributed by atoms with Gasteiger partial charge in [-0.1, -0.05) is 58.8 Å². The van der Waals surface area contributed by atoms with Crippen molar-refractivity contribution in [2.75, 3.05) is 13.1 Å². The molecule has 8 heteroatoms. The Balaban J connectivity index is 2.27. The van der Waals surface area contributed by atoms with Crippen molar-refractivity contribution in [3.8, 4) is 0 Å². The molecule has 0 radical (unpaired) electrons. The molecular formula is C24H42N4O4. The van der Waals surface area contributed by atoms with E-state index in [4.69, 9.17) is 5.73 Å². The summed E-state index contributed by atoms with van der Waals surface area (Å²) in [6.45, 7) is 6.68. The van der Waals surface area contributed by atoms with Crippen LogP contribution >= 0.6 is 0 Å². The topological polar surface area (TPSA) is 122 Å². The molecule has 2 heterocycles. The summed E-state index contributed by atoms with van der Waals surface area (Å²) in [5, 5.41) is 5.39. The van der Waals surface area contributed by atoms with E-state index in [2.05, 4.69) is 10.6 Å². The predicted octanol–water partition coefficient (Wildman–Crippen LogP) is 1.90. The summed E-state index contributed by atoms with van der Waals surface area (Å²) in [4.78, 5) is 53.1. The highest BCUT2D eigenvalue weighted by atomic mass is 16.2. The summed E-state index contributed by atoms with van der Waals surface area (Å²) < 4.78 is 0. The van der Waals surface area contributed by atoms with Crippen molar-refractivity contribution >= 4 is 23.5 Å². The first-order valence-corrected chi connectivity index (χ1v) is 12.5. The molecule has 3 amide bonds. The minimum absolute atomic E-state index is 0.00902. The van der Waals surface area contributed by atoms with Gasteiger partial charge in [0, 0.05) is 13.1 Å². The average molecular weight is 451 g/mol. The summed E-state index contributed by atoms with van der Waals surface area (Å²) in [5.41, 5.74) is 6.23. The summed E-state index contributed by atoms with van der Waals surface area (Å²) >= 11 is 0. The molecule has 182 valence electrons. The third-order valence-electron chi connectivity index (χ3n) is 6.87. The lowest BCUT2D eigenvalue weighted by atomic mass is 9.87. The quantitative estimate of drug-likeness (QED) is 0.565. The molecule has 32 heavy (non-hydrogen) atoms. The molecule has 8 nitrogen and oxygen atoms in total. The lowest BCUT2D eigenvalue weighted by Crippen LogP contribution is -2.57. The first-order chi connectivity index (χ1) is 15.3. The van der Waals surface area contributed by atoms with Crippen molar-refractivity contribution < 1.29 is 19.2 Å². The van der Waals surface area contributed by atoms with E-state index in [1.807, 2.05) is 13.8 Å². The number of carbonyl (C=O) groups is 4. The smallest absolute Gasteiger partial charge is 0.289 e. The average Bonchev–Trinajstić information content (AvgIpc) is 3.21. The van der Waals surface area contributed by atoms with E-state index in [1.54, 1.807) is 11.8 Å². The minimum atomic E-state index is -0.874. The third kappa shape index (κ3) is 7.02. The number of hydrogen-bond donors (Lipinski definition) is 3. The van der Waals surface area contributed by atoms with Gasteiger partial charge in [0.25, 0.3) is 5.91 Å². The van der Waals surface area contributed by atoms with Crippen LogP contribution in [0.2, 0.25) is 0 Å². The van der Waals surface area contributed by atoms with Crippen LogP contribution in [0.1, 0.15) is 85.0 Å². The normalized spacial score (nSPS) is 28.8. The number of amides is 3. The highest BCUT2D eigenvalue weighted by Gasteiger charge is 2.45. The largest absolute Gasteiger partial charge is 0.350 e. The zero-order chi connectivity index (χ0) is 23.7. The van der Waals surface area contributed by atoms with Gasteiger partial charge in [-0.25, -0.2) is 0 Å². The molecule has 0 unspecified atom stereocenters. The molecule has 0 spiro atoms. The number of hydrogen-bond acceptors (Lipinski definition) is 5. The molecule has 0 aromatic carbocycles. The van der Waals surface area contributed by atoms with E-state index in [-0.39, 0.29) is 23.7 Å². The molecule has 4 atom stereocenters. The number of nitrogens with one attached hydrogen (secondary N) is 2. The van der Waals surface area contributed by atoms with Gasteiger partial charge in [-0.05, 0) is 38.0 Å². The Hall–Kier alpha value is -1.96. The van der Waals surface area contributed by atoms with Crippen LogP contribution in [-0.4, -0.2) is 59.6 Å². The molecule has 0 bridgehead atoms. The number of Topliss-reactive ketones (excluding diaryl/α,β-unsaturated/α-hetero) is 1. The van der Waals surface area contributed by atoms with Crippen LogP contribution in [0.3, 0.4) is 0 Å². The minimum Gasteiger partial charge on any atom is -0.350 e. The lowest BCUT2D eigenvalue weighted by molar-refractivity contribution is -0.143. The molecule has 0 aliphatic carbocycles. The van der Waals surface area contributed by atoms with E-state index in [1.165, 1.54) is 0 Å².